The average molecular weight is 323 g/mol. The first kappa shape index (κ1) is 16.5. The van der Waals surface area contributed by atoms with Gasteiger partial charge in [-0.05, 0) is 38.4 Å². The lowest BCUT2D eigenvalue weighted by Gasteiger charge is -2.14. The molecule has 3 aromatic rings. The van der Waals surface area contributed by atoms with Crippen LogP contribution in [-0.4, -0.2) is 25.9 Å². The monoisotopic (exact) mass is 323 g/mol. The Morgan fingerprint density at radius 3 is 2.67 bits per heavy atom. The molecule has 0 amide bonds. The van der Waals surface area contributed by atoms with Crippen LogP contribution in [0.25, 0.3) is 5.69 Å². The fraction of sp³-hybridized carbons (Fsp3) is 0.368. The number of aryl methyl sites for hydroxylation is 2. The highest BCUT2D eigenvalue weighted by atomic mass is 15.3. The Bertz CT molecular complexity index is 772. The van der Waals surface area contributed by atoms with Gasteiger partial charge in [-0.1, -0.05) is 25.1 Å². The summed E-state index contributed by atoms with van der Waals surface area (Å²) in [5.41, 5.74) is 3.41. The van der Waals surface area contributed by atoms with Crippen molar-refractivity contribution in [1.82, 2.24) is 24.6 Å². The van der Waals surface area contributed by atoms with Crippen LogP contribution in [-0.2, 0) is 13.1 Å². The number of hydrogen-bond acceptors (Lipinski definition) is 3. The Morgan fingerprint density at radius 1 is 1.17 bits per heavy atom. The molecule has 5 nitrogen and oxygen atoms in total. The molecule has 0 aliphatic heterocycles. The Kier molecular flexibility index (Phi) is 5.11. The summed E-state index contributed by atoms with van der Waals surface area (Å²) in [6.45, 7) is 9.16. The molecule has 0 saturated carbocycles. The van der Waals surface area contributed by atoms with Crippen LogP contribution in [0.15, 0.2) is 48.9 Å². The molecule has 1 atom stereocenters. The number of aromatic nitrogens is 4. The molecule has 0 radical (unpaired) electrons. The van der Waals surface area contributed by atoms with Crippen LogP contribution < -0.4 is 5.32 Å². The fourth-order valence-electron chi connectivity index (χ4n) is 2.83. The van der Waals surface area contributed by atoms with Gasteiger partial charge in [-0.15, -0.1) is 0 Å². The second kappa shape index (κ2) is 7.45. The molecule has 0 aliphatic rings. The molecule has 1 N–H and O–H groups in total. The quantitative estimate of drug-likeness (QED) is 0.727. The van der Waals surface area contributed by atoms with E-state index in [1.807, 2.05) is 42.2 Å². The number of hydrogen-bond donors (Lipinski definition) is 1. The van der Waals surface area contributed by atoms with Crippen molar-refractivity contribution in [3.63, 3.8) is 0 Å². The van der Waals surface area contributed by atoms with Crippen molar-refractivity contribution in [3.8, 4) is 5.69 Å². The third-order valence-corrected chi connectivity index (χ3v) is 4.26. The summed E-state index contributed by atoms with van der Waals surface area (Å²) in [5.74, 6) is 1.62. The summed E-state index contributed by atoms with van der Waals surface area (Å²) >= 11 is 0. The molecule has 24 heavy (non-hydrogen) atoms. The zero-order chi connectivity index (χ0) is 16.9. The summed E-state index contributed by atoms with van der Waals surface area (Å²) in [6, 6.07) is 10.2. The zero-order valence-corrected chi connectivity index (χ0v) is 14.6. The van der Waals surface area contributed by atoms with Crippen LogP contribution in [0.4, 0.5) is 0 Å². The molecule has 126 valence electrons. The molecule has 1 aromatic carbocycles. The minimum absolute atomic E-state index is 0.544. The molecular weight excluding hydrogens is 298 g/mol. The molecule has 0 spiro atoms. The van der Waals surface area contributed by atoms with Crippen LogP contribution in [0.5, 0.6) is 0 Å². The highest BCUT2D eigenvalue weighted by molar-refractivity contribution is 5.32. The number of imidazole rings is 1. The van der Waals surface area contributed by atoms with Gasteiger partial charge >= 0.3 is 0 Å². The van der Waals surface area contributed by atoms with E-state index in [-0.39, 0.29) is 0 Å². The van der Waals surface area contributed by atoms with Crippen molar-refractivity contribution >= 4 is 0 Å². The Labute approximate surface area is 143 Å². The number of para-hydroxylation sites is 1. The van der Waals surface area contributed by atoms with Crippen LogP contribution in [0.2, 0.25) is 0 Å². The van der Waals surface area contributed by atoms with Gasteiger partial charge in [0, 0.05) is 37.2 Å². The third-order valence-electron chi connectivity index (χ3n) is 4.26. The number of rotatable bonds is 7. The smallest absolute Gasteiger partial charge is 0.105 e. The molecule has 2 heterocycles. The second-order valence-corrected chi connectivity index (χ2v) is 6.38. The highest BCUT2D eigenvalue weighted by Crippen LogP contribution is 2.12. The predicted molar refractivity (Wildman–Crippen MR) is 96.1 cm³/mol. The maximum absolute atomic E-state index is 4.62. The van der Waals surface area contributed by atoms with Gasteiger partial charge in [0.2, 0.25) is 0 Å². The van der Waals surface area contributed by atoms with Crippen LogP contribution in [0, 0.1) is 19.8 Å². The Hall–Kier alpha value is -2.40. The van der Waals surface area contributed by atoms with Gasteiger partial charge in [-0.2, -0.15) is 5.10 Å². The zero-order valence-electron chi connectivity index (χ0n) is 14.6. The molecule has 0 bridgehead atoms. The van der Waals surface area contributed by atoms with Crippen molar-refractivity contribution < 1.29 is 0 Å². The van der Waals surface area contributed by atoms with E-state index in [1.54, 1.807) is 0 Å². The standard InChI is InChI=1S/C19H25N5/c1-15(13-23-10-9-21-17(23)3)11-20-12-18-14-24(22-16(18)2)19-7-5-4-6-8-19/h4-10,14-15,20H,11-13H2,1-3H3. The fourth-order valence-corrected chi connectivity index (χ4v) is 2.83. The molecular formula is C19H25N5. The van der Waals surface area contributed by atoms with Gasteiger partial charge in [0.05, 0.1) is 11.4 Å². The molecule has 0 saturated heterocycles. The van der Waals surface area contributed by atoms with Crippen molar-refractivity contribution in [2.45, 2.75) is 33.9 Å². The van der Waals surface area contributed by atoms with Crippen molar-refractivity contribution in [1.29, 1.82) is 0 Å². The van der Waals surface area contributed by atoms with Crippen LogP contribution in [0.1, 0.15) is 24.0 Å². The predicted octanol–water partition coefficient (Wildman–Crippen LogP) is 3.11. The van der Waals surface area contributed by atoms with E-state index in [0.717, 1.165) is 36.8 Å². The van der Waals surface area contributed by atoms with E-state index in [0.29, 0.717) is 5.92 Å². The van der Waals surface area contributed by atoms with E-state index < -0.39 is 0 Å². The summed E-state index contributed by atoms with van der Waals surface area (Å²) in [6.07, 6.45) is 6.01. The minimum Gasteiger partial charge on any atom is -0.335 e. The molecule has 5 heteroatoms. The van der Waals surface area contributed by atoms with Gasteiger partial charge in [0.25, 0.3) is 0 Å². The number of benzene rings is 1. The van der Waals surface area contributed by atoms with Crippen molar-refractivity contribution in [2.24, 2.45) is 5.92 Å². The first-order valence-electron chi connectivity index (χ1n) is 8.42. The lowest BCUT2D eigenvalue weighted by Crippen LogP contribution is -2.24. The van der Waals surface area contributed by atoms with Crippen LogP contribution in [0.3, 0.4) is 0 Å². The Morgan fingerprint density at radius 2 is 1.96 bits per heavy atom. The maximum atomic E-state index is 4.62. The van der Waals surface area contributed by atoms with Gasteiger partial charge in [0.1, 0.15) is 5.82 Å². The molecule has 3 rings (SSSR count). The SMILES string of the molecule is Cc1nn(-c2ccccc2)cc1CNCC(C)Cn1ccnc1C. The van der Waals surface area contributed by atoms with Gasteiger partial charge in [0.15, 0.2) is 0 Å². The average Bonchev–Trinajstić information content (AvgIpc) is 3.15. The maximum Gasteiger partial charge on any atom is 0.105 e. The summed E-state index contributed by atoms with van der Waals surface area (Å²) < 4.78 is 4.15. The molecule has 0 fully saturated rings. The van der Waals surface area contributed by atoms with Crippen molar-refractivity contribution in [2.75, 3.05) is 6.54 Å². The topological polar surface area (TPSA) is 47.7 Å². The summed E-state index contributed by atoms with van der Waals surface area (Å²) in [4.78, 5) is 4.27. The van der Waals surface area contributed by atoms with E-state index in [9.17, 15) is 0 Å². The number of nitrogens with zero attached hydrogens (tertiary/aromatic N) is 4. The molecule has 1 unspecified atom stereocenters. The number of nitrogens with one attached hydrogen (secondary N) is 1. The normalized spacial score (nSPS) is 12.5. The van der Waals surface area contributed by atoms with Crippen LogP contribution >= 0.6 is 0 Å². The second-order valence-electron chi connectivity index (χ2n) is 6.38. The Balaban J connectivity index is 1.53. The first-order valence-corrected chi connectivity index (χ1v) is 8.42. The van der Waals surface area contributed by atoms with E-state index in [4.69, 9.17) is 0 Å². The third kappa shape index (κ3) is 3.92. The van der Waals surface area contributed by atoms with E-state index in [2.05, 4.69) is 52.1 Å². The first-order chi connectivity index (χ1) is 11.6. The largest absolute Gasteiger partial charge is 0.335 e. The molecule has 0 aliphatic carbocycles. The lowest BCUT2D eigenvalue weighted by atomic mass is 10.1. The molecule has 2 aromatic heterocycles. The highest BCUT2D eigenvalue weighted by Gasteiger charge is 2.08. The summed E-state index contributed by atoms with van der Waals surface area (Å²) in [5, 5.41) is 8.17. The lowest BCUT2D eigenvalue weighted by molar-refractivity contribution is 0.440. The van der Waals surface area contributed by atoms with Gasteiger partial charge in [-0.25, -0.2) is 9.67 Å². The minimum atomic E-state index is 0.544. The van der Waals surface area contributed by atoms with E-state index >= 15 is 0 Å². The van der Waals surface area contributed by atoms with Gasteiger partial charge in [-0.3, -0.25) is 0 Å². The van der Waals surface area contributed by atoms with Crippen molar-refractivity contribution in [3.05, 3.63) is 66.0 Å². The van der Waals surface area contributed by atoms with Gasteiger partial charge < -0.3 is 9.88 Å². The summed E-state index contributed by atoms with van der Waals surface area (Å²) in [7, 11) is 0. The van der Waals surface area contributed by atoms with E-state index in [1.165, 1.54) is 5.56 Å².